The van der Waals surface area contributed by atoms with E-state index in [4.69, 9.17) is 43.9 Å². The molecule has 1 unspecified atom stereocenters. The average Bonchev–Trinajstić information content (AvgIpc) is 1.60. The number of Topliss-reactive ketones (excluding diaryl/α,β-unsaturated/α-hetero) is 4. The molecular weight excluding hydrogens is 1750 g/mol. The number of aryl methyl sites for hydroxylation is 8. The Morgan fingerprint density at radius 3 is 1.58 bits per heavy atom. The van der Waals surface area contributed by atoms with Gasteiger partial charge in [0.2, 0.25) is 11.8 Å². The van der Waals surface area contributed by atoms with Gasteiger partial charge in [0.05, 0.1) is 63.4 Å². The largest absolute Gasteiger partial charge is 0.497 e. The summed E-state index contributed by atoms with van der Waals surface area (Å²) >= 11 is 13.1. The maximum atomic E-state index is 13.8. The molecule has 16 rings (SSSR count). The van der Waals surface area contributed by atoms with Crippen LogP contribution in [0.5, 0.6) is 11.5 Å². The fraction of sp³-hybridized carbons (Fsp3) is 0.352. The number of ketones is 4. The second-order valence-electron chi connectivity index (χ2n) is 34.8. The normalized spacial score (nSPS) is 14.5. The summed E-state index contributed by atoms with van der Waals surface area (Å²) in [4.78, 5) is 97.8. The van der Waals surface area contributed by atoms with Crippen LogP contribution >= 0.6 is 35.8 Å². The van der Waals surface area contributed by atoms with Crippen molar-refractivity contribution in [1.29, 1.82) is 0 Å². The number of benzene rings is 8. The topological polar surface area (TPSA) is 268 Å². The lowest BCUT2D eigenvalue weighted by atomic mass is 9.87. The molecule has 5 aliphatic carbocycles. The SMILES string of the molecule is CCOc1ccc(CC(=S)N(CCO)CC2=Cc3cc(C)cc(C)c3CC2=O)cc1.COc1cccc(NC(=S)N(CCO)CC2=Cc3cc(C)c(C)cc3CC2=O)c1.Cc1ccc2c(c1)C=C(CN(CCO)C(=O)Cc1ccccc1F)C(=O)C2.Cc1ccc2c(c1)C=C(CN(CCO)C(=O)Cc1ccccc1F)C(=O)C2.Cc1nc(N2CCNCC2)c2c3c(sc2n1)CC(C)CC3. The Hall–Kier alpha value is -12.0. The zero-order valence-electron chi connectivity index (χ0n) is 78.2. The Balaban J connectivity index is 0.000000151. The van der Waals surface area contributed by atoms with Crippen molar-refractivity contribution in [3.05, 3.63) is 302 Å². The molecule has 21 nitrogen and oxygen atoms in total. The van der Waals surface area contributed by atoms with E-state index in [1.165, 1.54) is 73.9 Å². The lowest BCUT2D eigenvalue weighted by molar-refractivity contribution is -0.131. The van der Waals surface area contributed by atoms with Crippen LogP contribution in [0.25, 0.3) is 34.5 Å². The van der Waals surface area contributed by atoms with Crippen molar-refractivity contribution in [1.82, 2.24) is 34.9 Å². The Morgan fingerprint density at radius 2 is 1.03 bits per heavy atom. The molecule has 0 radical (unpaired) electrons. The second-order valence-corrected chi connectivity index (χ2v) is 36.8. The van der Waals surface area contributed by atoms with Crippen molar-refractivity contribution in [2.24, 2.45) is 5.92 Å². The standard InChI is InChI=1S/C25H29NO3S.C23H26N2O3S.2C22H22FNO3.C16H22N4S/c1-4-29-22-7-5-19(6-8-22)13-25(30)26(9-10-27)16-21-14-20-12-17(2)11-18(3)23(20)15-24(21)28;1-15-9-17-11-19(22(27)12-18(17)10-16(15)2)14-25(7-8-26)23(29)24-20-5-4-6-21(13-20)28-3;2*1-15-6-7-16-12-21(26)19(11-18(16)10-15)14-24(8-9-25)22(27)13-17-4-2-3-5-20(17)23;1-10-3-4-12-13(9-10)21-16-14(12)15(18-11(2)19-16)20-7-5-17-6-8-20/h5-8,11-12,14,27H,4,9-10,13,15-16H2,1-3H3;4-6,9-11,13,26H,7-8,12,14H2,1-3H3,(H,24,29);2*2-7,10-11,25H,8-9,12-14H2,1H3;10,17H,3-9H2,1-2H3. The van der Waals surface area contributed by atoms with Crippen LogP contribution in [-0.4, -0.2) is 214 Å². The van der Waals surface area contributed by atoms with E-state index in [0.717, 1.165) is 127 Å². The van der Waals surface area contributed by atoms with E-state index in [9.17, 15) is 58.0 Å². The number of anilines is 2. The monoisotopic (exact) mass is 1870 g/mol. The highest BCUT2D eigenvalue weighted by Gasteiger charge is 2.31. The predicted octanol–water partition coefficient (Wildman–Crippen LogP) is 15.5. The van der Waals surface area contributed by atoms with Gasteiger partial charge in [0.15, 0.2) is 28.2 Å². The van der Waals surface area contributed by atoms with Gasteiger partial charge in [-0.2, -0.15) is 0 Å². The van der Waals surface area contributed by atoms with Gasteiger partial charge in [0, 0.05) is 150 Å². The van der Waals surface area contributed by atoms with Gasteiger partial charge in [-0.3, -0.25) is 28.8 Å². The summed E-state index contributed by atoms with van der Waals surface area (Å²) in [6.07, 6.45) is 13.1. The molecule has 3 heterocycles. The van der Waals surface area contributed by atoms with Crippen molar-refractivity contribution in [2.75, 3.05) is 129 Å². The number of halogens is 2. The van der Waals surface area contributed by atoms with Crippen LogP contribution in [0, 0.1) is 66.0 Å². The van der Waals surface area contributed by atoms with Gasteiger partial charge in [0.25, 0.3) is 0 Å². The third-order valence-corrected chi connectivity index (χ3v) is 26.5. The van der Waals surface area contributed by atoms with Crippen LogP contribution in [0.4, 0.5) is 20.3 Å². The van der Waals surface area contributed by atoms with E-state index in [1.54, 1.807) is 53.9 Å². The third-order valence-electron chi connectivity index (χ3n) is 24.6. The van der Waals surface area contributed by atoms with E-state index >= 15 is 0 Å². The second kappa shape index (κ2) is 48.3. The van der Waals surface area contributed by atoms with Crippen LogP contribution in [0.3, 0.4) is 0 Å². The lowest BCUT2D eigenvalue weighted by Crippen LogP contribution is -2.44. The minimum Gasteiger partial charge on any atom is -0.497 e. The number of ether oxygens (including phenoxy) is 2. The molecule has 2 amide bonds. The van der Waals surface area contributed by atoms with Gasteiger partial charge in [-0.25, -0.2) is 18.7 Å². The van der Waals surface area contributed by atoms with Crippen molar-refractivity contribution in [3.8, 4) is 11.5 Å². The number of fused-ring (bicyclic) bond motifs is 7. The van der Waals surface area contributed by atoms with Crippen molar-refractivity contribution >= 4 is 127 Å². The number of thiophene rings is 1. The molecule has 0 saturated carbocycles. The molecule has 702 valence electrons. The first kappa shape index (κ1) is 101. The highest BCUT2D eigenvalue weighted by atomic mass is 32.1. The molecule has 1 aliphatic heterocycles. The van der Waals surface area contributed by atoms with Gasteiger partial charge in [-0.1, -0.05) is 151 Å². The molecule has 26 heteroatoms. The van der Waals surface area contributed by atoms with Gasteiger partial charge in [-0.05, 0) is 237 Å². The zero-order chi connectivity index (χ0) is 95.8. The van der Waals surface area contributed by atoms with Crippen LogP contribution in [0.2, 0.25) is 0 Å². The number of thiocarbonyl (C=S) groups is 2. The third kappa shape index (κ3) is 27.2. The molecule has 2 aromatic heterocycles. The molecule has 134 heavy (non-hydrogen) atoms. The lowest BCUT2D eigenvalue weighted by Gasteiger charge is -2.29. The van der Waals surface area contributed by atoms with E-state index in [1.807, 2.05) is 158 Å². The molecule has 1 fully saturated rings. The first-order valence-electron chi connectivity index (χ1n) is 45.7. The summed E-state index contributed by atoms with van der Waals surface area (Å²) < 4.78 is 38.4. The highest BCUT2D eigenvalue weighted by Crippen LogP contribution is 2.42. The molecule has 0 bridgehead atoms. The van der Waals surface area contributed by atoms with Gasteiger partial charge < -0.3 is 65.0 Å². The average molecular weight is 1870 g/mol. The van der Waals surface area contributed by atoms with Crippen LogP contribution < -0.4 is 25.0 Å². The number of aliphatic hydroxyl groups is 4. The zero-order valence-corrected chi connectivity index (χ0v) is 80.6. The molecule has 6 N–H and O–H groups in total. The Morgan fingerprint density at radius 1 is 0.530 bits per heavy atom. The summed E-state index contributed by atoms with van der Waals surface area (Å²) in [6, 6.07) is 47.9. The summed E-state index contributed by atoms with van der Waals surface area (Å²) in [7, 11) is 1.61. The molecule has 10 aromatic rings. The number of amides is 2. The molecule has 1 atom stereocenters. The molecule has 8 aromatic carbocycles. The van der Waals surface area contributed by atoms with Crippen molar-refractivity contribution in [3.63, 3.8) is 0 Å². The Kier molecular flexibility index (Phi) is 36.4. The number of carbonyl (C=O) groups is 6. The number of piperazine rings is 1. The van der Waals surface area contributed by atoms with E-state index in [0.29, 0.717) is 103 Å². The summed E-state index contributed by atoms with van der Waals surface area (Å²) in [5, 5.41) is 46.1. The number of rotatable bonds is 27. The smallest absolute Gasteiger partial charge is 0.227 e. The highest BCUT2D eigenvalue weighted by molar-refractivity contribution is 7.80. The Bertz CT molecular complexity index is 5970. The molecule has 1 saturated heterocycles. The van der Waals surface area contributed by atoms with Gasteiger partial charge >= 0.3 is 0 Å². The number of nitrogens with zero attached hydrogens (tertiary/aromatic N) is 7. The van der Waals surface area contributed by atoms with Crippen molar-refractivity contribution < 1.29 is 67.4 Å². The summed E-state index contributed by atoms with van der Waals surface area (Å²) in [5.74, 6) is 3.08. The van der Waals surface area contributed by atoms with Gasteiger partial charge in [0.1, 0.15) is 39.6 Å². The minimum absolute atomic E-state index is 0.0142. The Labute approximate surface area is 799 Å². The fourth-order valence-corrected chi connectivity index (χ4v) is 19.2. The maximum Gasteiger partial charge on any atom is 0.227 e. The number of carbonyl (C=O) groups excluding carboxylic acids is 6. The number of aromatic nitrogens is 2. The fourth-order valence-electron chi connectivity index (χ4n) is 17.2. The maximum absolute atomic E-state index is 13.8. The minimum atomic E-state index is -0.438. The summed E-state index contributed by atoms with van der Waals surface area (Å²) in [6.45, 7) is 24.8. The number of hydrogen-bond acceptors (Lipinski definition) is 19. The van der Waals surface area contributed by atoms with Crippen molar-refractivity contribution in [2.45, 2.75) is 127 Å². The van der Waals surface area contributed by atoms with E-state index < -0.39 is 11.6 Å². The molecule has 0 spiro atoms. The van der Waals surface area contributed by atoms with Gasteiger partial charge in [-0.15, -0.1) is 11.3 Å². The van der Waals surface area contributed by atoms with E-state index in [2.05, 4.69) is 74.4 Å². The first-order valence-corrected chi connectivity index (χ1v) is 47.4. The van der Waals surface area contributed by atoms with E-state index in [-0.39, 0.29) is 100 Å². The quantitative estimate of drug-likeness (QED) is 0.0261. The summed E-state index contributed by atoms with van der Waals surface area (Å²) in [5.41, 5.74) is 21.7. The van der Waals surface area contributed by atoms with Crippen LogP contribution in [0.15, 0.2) is 180 Å². The number of nitrogens with one attached hydrogen (secondary N) is 2. The predicted molar refractivity (Wildman–Crippen MR) is 537 cm³/mol. The van der Waals surface area contributed by atoms with Crippen LogP contribution in [0.1, 0.15) is 131 Å². The number of aliphatic hydroxyl groups excluding tert-OH is 4. The first-order chi connectivity index (χ1) is 64.5. The molecular formula is C108H121F2N9O12S3. The number of hydrogen-bond donors (Lipinski definition) is 6. The van der Waals surface area contributed by atoms with Crippen LogP contribution in [-0.2, 0) is 86.6 Å². The number of methoxy groups -OCH3 is 1. The molecule has 6 aliphatic rings.